The Hall–Kier alpha value is -1.82. The minimum absolute atomic E-state index is 0.324. The highest BCUT2D eigenvalue weighted by atomic mass is 16.3. The summed E-state index contributed by atoms with van der Waals surface area (Å²) in [5.41, 5.74) is 8.64. The number of furan rings is 1. The van der Waals surface area contributed by atoms with Crippen molar-refractivity contribution in [3.05, 3.63) is 11.8 Å². The number of anilines is 2. The van der Waals surface area contributed by atoms with Gasteiger partial charge in [0.15, 0.2) is 11.4 Å². The molecule has 0 spiro atoms. The molecule has 0 atom stereocenters. The number of likely N-dealkylation sites (N-methyl/N-ethyl adjacent to an activating group) is 1. The van der Waals surface area contributed by atoms with E-state index >= 15 is 0 Å². The molecule has 0 radical (unpaired) electrons. The monoisotopic (exact) mass is 275 g/mol. The van der Waals surface area contributed by atoms with Gasteiger partial charge in [-0.15, -0.1) is 0 Å². The minimum atomic E-state index is 0.324. The predicted octanol–water partition coefficient (Wildman–Crippen LogP) is 1.51. The number of nitrogens with two attached hydrogens (primary N) is 1. The molecule has 2 N–H and O–H groups in total. The summed E-state index contributed by atoms with van der Waals surface area (Å²) in [5.74, 6) is 1.16. The Kier molecular flexibility index (Phi) is 3.48. The molecule has 0 aliphatic carbocycles. The summed E-state index contributed by atoms with van der Waals surface area (Å²) in [6, 6.07) is 0. The molecule has 0 saturated carbocycles. The van der Waals surface area contributed by atoms with Crippen LogP contribution in [0.5, 0.6) is 0 Å². The van der Waals surface area contributed by atoms with Gasteiger partial charge in [-0.05, 0) is 13.5 Å². The molecular formula is C14H21N5O. The van der Waals surface area contributed by atoms with Crippen LogP contribution in [-0.4, -0.2) is 48.1 Å². The Bertz CT molecular complexity index is 601. The first-order valence-corrected chi connectivity index (χ1v) is 7.16. The second-order valence-corrected chi connectivity index (χ2v) is 5.38. The lowest BCUT2D eigenvalue weighted by atomic mass is 10.2. The number of hydrogen-bond acceptors (Lipinski definition) is 6. The molecule has 1 fully saturated rings. The van der Waals surface area contributed by atoms with Gasteiger partial charge in [-0.25, -0.2) is 4.98 Å². The third-order valence-corrected chi connectivity index (χ3v) is 3.81. The highest BCUT2D eigenvalue weighted by Gasteiger charge is 2.21. The quantitative estimate of drug-likeness (QED) is 0.915. The van der Waals surface area contributed by atoms with Gasteiger partial charge in [-0.1, -0.05) is 13.3 Å². The Morgan fingerprint density at radius 2 is 2.00 bits per heavy atom. The van der Waals surface area contributed by atoms with Crippen LogP contribution < -0.4 is 10.6 Å². The van der Waals surface area contributed by atoms with E-state index in [0.717, 1.165) is 61.5 Å². The molecule has 0 bridgehead atoms. The molecule has 1 aliphatic heterocycles. The summed E-state index contributed by atoms with van der Waals surface area (Å²) in [7, 11) is 2.13. The Morgan fingerprint density at radius 3 is 2.70 bits per heavy atom. The van der Waals surface area contributed by atoms with Gasteiger partial charge in [0.05, 0.1) is 6.26 Å². The topological polar surface area (TPSA) is 71.4 Å². The summed E-state index contributed by atoms with van der Waals surface area (Å²) in [6.07, 6.45) is 3.80. The third-order valence-electron chi connectivity index (χ3n) is 3.81. The van der Waals surface area contributed by atoms with Crippen LogP contribution in [0.1, 0.15) is 18.9 Å². The van der Waals surface area contributed by atoms with Gasteiger partial charge in [0.2, 0.25) is 5.95 Å². The molecule has 0 aromatic carbocycles. The molecule has 6 heteroatoms. The maximum Gasteiger partial charge on any atom is 0.222 e. The lowest BCUT2D eigenvalue weighted by Gasteiger charge is -2.33. The van der Waals surface area contributed by atoms with E-state index in [4.69, 9.17) is 10.2 Å². The fraction of sp³-hybridized carbons (Fsp3) is 0.571. The number of nitrogens with zero attached hydrogens (tertiary/aromatic N) is 4. The zero-order valence-corrected chi connectivity index (χ0v) is 12.1. The van der Waals surface area contributed by atoms with Gasteiger partial charge in [-0.2, -0.15) is 4.98 Å². The number of hydrogen-bond donors (Lipinski definition) is 1. The second-order valence-electron chi connectivity index (χ2n) is 5.38. The smallest absolute Gasteiger partial charge is 0.222 e. The van der Waals surface area contributed by atoms with E-state index in [9.17, 15) is 0 Å². The van der Waals surface area contributed by atoms with Crippen molar-refractivity contribution in [2.24, 2.45) is 0 Å². The Labute approximate surface area is 118 Å². The van der Waals surface area contributed by atoms with E-state index in [0.29, 0.717) is 5.95 Å². The molecule has 6 nitrogen and oxygen atoms in total. The van der Waals surface area contributed by atoms with Crippen LogP contribution in [0.25, 0.3) is 11.1 Å². The van der Waals surface area contributed by atoms with E-state index in [1.807, 2.05) is 0 Å². The van der Waals surface area contributed by atoms with Crippen molar-refractivity contribution in [2.45, 2.75) is 19.8 Å². The summed E-state index contributed by atoms with van der Waals surface area (Å²) < 4.78 is 5.73. The number of piperazine rings is 1. The molecule has 2 aromatic heterocycles. The molecule has 20 heavy (non-hydrogen) atoms. The number of aromatic nitrogens is 2. The zero-order chi connectivity index (χ0) is 14.1. The first-order valence-electron chi connectivity index (χ1n) is 7.16. The average Bonchev–Trinajstić information content (AvgIpc) is 2.82. The van der Waals surface area contributed by atoms with Gasteiger partial charge in [0.1, 0.15) is 5.52 Å². The van der Waals surface area contributed by atoms with Crippen molar-refractivity contribution in [1.82, 2.24) is 14.9 Å². The zero-order valence-electron chi connectivity index (χ0n) is 12.1. The molecular weight excluding hydrogens is 254 g/mol. The van der Waals surface area contributed by atoms with Crippen LogP contribution >= 0.6 is 0 Å². The van der Waals surface area contributed by atoms with Crippen molar-refractivity contribution in [1.29, 1.82) is 0 Å². The van der Waals surface area contributed by atoms with Crippen LogP contribution in [0.15, 0.2) is 10.7 Å². The summed E-state index contributed by atoms with van der Waals surface area (Å²) in [6.45, 7) is 6.06. The van der Waals surface area contributed by atoms with E-state index in [-0.39, 0.29) is 0 Å². The van der Waals surface area contributed by atoms with E-state index in [1.165, 1.54) is 0 Å². The largest absolute Gasteiger partial charge is 0.458 e. The van der Waals surface area contributed by atoms with Gasteiger partial charge in [-0.3, -0.25) is 0 Å². The van der Waals surface area contributed by atoms with Gasteiger partial charge < -0.3 is 20.0 Å². The molecule has 108 valence electrons. The molecule has 0 unspecified atom stereocenters. The molecule has 1 saturated heterocycles. The fourth-order valence-corrected chi connectivity index (χ4v) is 2.65. The molecule has 3 heterocycles. The average molecular weight is 275 g/mol. The third kappa shape index (κ3) is 2.31. The highest BCUT2D eigenvalue weighted by Crippen LogP contribution is 2.29. The lowest BCUT2D eigenvalue weighted by Crippen LogP contribution is -2.45. The SMILES string of the molecule is CCCc1coc2c(N3CCN(C)CC3)nc(N)nc12. The van der Waals surface area contributed by atoms with Crippen LogP contribution in [0.2, 0.25) is 0 Å². The summed E-state index contributed by atoms with van der Waals surface area (Å²) >= 11 is 0. The Morgan fingerprint density at radius 1 is 1.25 bits per heavy atom. The molecule has 1 aliphatic rings. The summed E-state index contributed by atoms with van der Waals surface area (Å²) in [4.78, 5) is 13.3. The maximum atomic E-state index is 5.88. The van der Waals surface area contributed by atoms with Crippen LogP contribution in [0.4, 0.5) is 11.8 Å². The van der Waals surface area contributed by atoms with Crippen molar-refractivity contribution in [3.8, 4) is 0 Å². The number of nitrogen functional groups attached to an aromatic ring is 1. The van der Waals surface area contributed by atoms with Crippen LogP contribution in [0.3, 0.4) is 0 Å². The van der Waals surface area contributed by atoms with Crippen molar-refractivity contribution in [3.63, 3.8) is 0 Å². The van der Waals surface area contributed by atoms with E-state index in [2.05, 4.69) is 33.7 Å². The van der Waals surface area contributed by atoms with E-state index in [1.54, 1.807) is 6.26 Å². The Balaban J connectivity index is 2.02. The molecule has 0 amide bonds. The van der Waals surface area contributed by atoms with Gasteiger partial charge >= 0.3 is 0 Å². The van der Waals surface area contributed by atoms with Crippen LogP contribution in [-0.2, 0) is 6.42 Å². The predicted molar refractivity (Wildman–Crippen MR) is 79.9 cm³/mol. The number of rotatable bonds is 3. The van der Waals surface area contributed by atoms with Crippen LogP contribution in [0, 0.1) is 0 Å². The van der Waals surface area contributed by atoms with Crippen molar-refractivity contribution >= 4 is 22.9 Å². The summed E-state index contributed by atoms with van der Waals surface area (Å²) in [5, 5.41) is 0. The molecule has 2 aromatic rings. The highest BCUT2D eigenvalue weighted by molar-refractivity contribution is 5.87. The first-order chi connectivity index (χ1) is 9.69. The fourth-order valence-electron chi connectivity index (χ4n) is 2.65. The standard InChI is InChI=1S/C14H21N5O/c1-3-4-10-9-20-12-11(10)16-14(15)17-13(12)19-7-5-18(2)6-8-19/h9H,3-8H2,1-2H3,(H2,15,16,17). The minimum Gasteiger partial charge on any atom is -0.458 e. The normalized spacial score (nSPS) is 17.0. The first kappa shape index (κ1) is 13.2. The van der Waals surface area contributed by atoms with Crippen molar-refractivity contribution < 1.29 is 4.42 Å². The van der Waals surface area contributed by atoms with Gasteiger partial charge in [0, 0.05) is 31.7 Å². The molecule has 3 rings (SSSR count). The van der Waals surface area contributed by atoms with E-state index < -0.39 is 0 Å². The second kappa shape index (κ2) is 5.28. The number of aryl methyl sites for hydroxylation is 1. The van der Waals surface area contributed by atoms with Crippen molar-refractivity contribution in [2.75, 3.05) is 43.9 Å². The lowest BCUT2D eigenvalue weighted by molar-refractivity contribution is 0.312. The van der Waals surface area contributed by atoms with Gasteiger partial charge in [0.25, 0.3) is 0 Å². The number of fused-ring (bicyclic) bond motifs is 1. The maximum absolute atomic E-state index is 5.88.